The Morgan fingerprint density at radius 1 is 1.07 bits per heavy atom. The van der Waals surface area contributed by atoms with E-state index < -0.39 is 24.3 Å². The maximum absolute atomic E-state index is 13.1. The number of carbonyl (C=O) groups excluding carboxylic acids is 2. The maximum Gasteiger partial charge on any atom is 0.163 e. The average molecular weight is 377 g/mol. The smallest absolute Gasteiger partial charge is 0.163 e. The zero-order valence-electron chi connectivity index (χ0n) is 15.4. The van der Waals surface area contributed by atoms with E-state index in [1.807, 2.05) is 0 Å². The summed E-state index contributed by atoms with van der Waals surface area (Å²) in [4.78, 5) is 24.1. The highest BCUT2D eigenvalue weighted by atomic mass is 19.1. The monoisotopic (exact) mass is 377 g/mol. The maximum atomic E-state index is 13.1. The van der Waals surface area contributed by atoms with Crippen molar-refractivity contribution in [3.8, 4) is 23.7 Å². The second-order valence-corrected chi connectivity index (χ2v) is 6.31. The van der Waals surface area contributed by atoms with Crippen LogP contribution in [0.1, 0.15) is 34.8 Å². The highest BCUT2D eigenvalue weighted by molar-refractivity contribution is 5.99. The van der Waals surface area contributed by atoms with Gasteiger partial charge in [-0.15, -0.1) is 0 Å². The van der Waals surface area contributed by atoms with Crippen LogP contribution in [0.2, 0.25) is 0 Å². The second-order valence-electron chi connectivity index (χ2n) is 6.31. The Hall–Kier alpha value is -3.25. The first kappa shape index (κ1) is 21.1. The van der Waals surface area contributed by atoms with Gasteiger partial charge in [0, 0.05) is 35.1 Å². The Bertz CT molecular complexity index is 973. The van der Waals surface area contributed by atoms with Crippen molar-refractivity contribution in [2.24, 2.45) is 11.7 Å². The third-order valence-electron chi connectivity index (χ3n) is 4.12. The molecule has 0 aliphatic heterocycles. The molecule has 0 aromatic heterocycles. The predicted molar refractivity (Wildman–Crippen MR) is 105 cm³/mol. The van der Waals surface area contributed by atoms with Gasteiger partial charge in [0.25, 0.3) is 0 Å². The third-order valence-corrected chi connectivity index (χ3v) is 4.12. The van der Waals surface area contributed by atoms with Crippen LogP contribution in [0.4, 0.5) is 4.39 Å². The molecule has 5 heteroatoms. The van der Waals surface area contributed by atoms with Crippen LogP contribution in [-0.4, -0.2) is 29.3 Å². The summed E-state index contributed by atoms with van der Waals surface area (Å²) >= 11 is 0. The van der Waals surface area contributed by atoms with Crippen LogP contribution in [0.3, 0.4) is 0 Å². The van der Waals surface area contributed by atoms with Crippen molar-refractivity contribution >= 4 is 11.6 Å². The van der Waals surface area contributed by atoms with Crippen LogP contribution < -0.4 is 5.73 Å². The van der Waals surface area contributed by atoms with Gasteiger partial charge in [0.05, 0.1) is 0 Å². The summed E-state index contributed by atoms with van der Waals surface area (Å²) < 4.78 is 13.1. The normalized spacial score (nSPS) is 12.0. The number of hydrogen-bond acceptors (Lipinski definition) is 4. The van der Waals surface area contributed by atoms with E-state index in [9.17, 15) is 14.0 Å². The molecule has 0 radical (unpaired) electrons. The van der Waals surface area contributed by atoms with E-state index in [0.717, 1.165) is 0 Å². The summed E-state index contributed by atoms with van der Waals surface area (Å²) in [6.45, 7) is 1.000. The standard InChI is InChI=1S/C23H20FNO3/c1-16(25)21(23(28)15-26)14-22(27)19-11-9-17(10-12-19)5-2-3-6-18-7-4-8-20(24)13-18/h4,7-13,16,21,26H,14-15,25H2,1H3/t16-,21+/m1/s1. The molecule has 0 spiro atoms. The van der Waals surface area contributed by atoms with Gasteiger partial charge in [-0.1, -0.05) is 30.0 Å². The first-order chi connectivity index (χ1) is 13.4. The Labute approximate surface area is 163 Å². The highest BCUT2D eigenvalue weighted by Crippen LogP contribution is 2.15. The van der Waals surface area contributed by atoms with Crippen LogP contribution in [0.5, 0.6) is 0 Å². The lowest BCUT2D eigenvalue weighted by molar-refractivity contribution is -0.126. The number of Topliss-reactive ketones (excluding diaryl/α,β-unsaturated/α-hetero) is 2. The fourth-order valence-electron chi connectivity index (χ4n) is 2.54. The number of benzene rings is 2. The molecule has 0 aliphatic rings. The molecule has 0 bridgehead atoms. The van der Waals surface area contributed by atoms with Gasteiger partial charge in [-0.3, -0.25) is 9.59 Å². The Balaban J connectivity index is 2.04. The van der Waals surface area contributed by atoms with Gasteiger partial charge in [-0.2, -0.15) is 0 Å². The number of ketones is 2. The first-order valence-electron chi connectivity index (χ1n) is 8.70. The molecule has 4 nitrogen and oxygen atoms in total. The molecular weight excluding hydrogens is 357 g/mol. The minimum absolute atomic E-state index is 0.0544. The largest absolute Gasteiger partial charge is 0.389 e. The van der Waals surface area contributed by atoms with Crippen LogP contribution in [0.25, 0.3) is 0 Å². The number of halogens is 1. The minimum atomic E-state index is -0.713. The molecule has 2 atom stereocenters. The Morgan fingerprint density at radius 3 is 2.29 bits per heavy atom. The van der Waals surface area contributed by atoms with E-state index in [1.54, 1.807) is 43.3 Å². The van der Waals surface area contributed by atoms with Crippen LogP contribution in [-0.2, 0) is 4.79 Å². The second kappa shape index (κ2) is 10.2. The van der Waals surface area contributed by atoms with E-state index >= 15 is 0 Å². The molecule has 0 saturated carbocycles. The summed E-state index contributed by atoms with van der Waals surface area (Å²) in [6, 6.07) is 12.0. The lowest BCUT2D eigenvalue weighted by atomic mass is 9.89. The molecule has 2 aromatic carbocycles. The number of aliphatic hydroxyl groups is 1. The molecule has 0 amide bonds. The summed E-state index contributed by atoms with van der Waals surface area (Å²) in [6.07, 6.45) is -0.0544. The molecule has 3 N–H and O–H groups in total. The zero-order chi connectivity index (χ0) is 20.5. The zero-order valence-corrected chi connectivity index (χ0v) is 15.4. The lowest BCUT2D eigenvalue weighted by Crippen LogP contribution is -2.36. The van der Waals surface area contributed by atoms with Crippen LogP contribution in [0, 0.1) is 35.4 Å². The number of carbonyl (C=O) groups is 2. The summed E-state index contributed by atoms with van der Waals surface area (Å²) in [5.41, 5.74) is 7.39. The molecular formula is C23H20FNO3. The van der Waals surface area contributed by atoms with Gasteiger partial charge in [0.1, 0.15) is 12.4 Å². The molecule has 142 valence electrons. The minimum Gasteiger partial charge on any atom is -0.389 e. The number of hydrogen-bond donors (Lipinski definition) is 2. The number of nitrogens with two attached hydrogens (primary N) is 1. The lowest BCUT2D eigenvalue weighted by Gasteiger charge is -2.17. The fraction of sp³-hybridized carbons (Fsp3) is 0.217. The molecule has 0 fully saturated rings. The molecule has 2 rings (SSSR count). The third kappa shape index (κ3) is 6.17. The van der Waals surface area contributed by atoms with Gasteiger partial charge in [-0.25, -0.2) is 4.39 Å². The van der Waals surface area contributed by atoms with Gasteiger partial charge in [0.2, 0.25) is 0 Å². The van der Waals surface area contributed by atoms with Crippen molar-refractivity contribution in [2.45, 2.75) is 19.4 Å². The average Bonchev–Trinajstić information content (AvgIpc) is 2.69. The molecule has 0 unspecified atom stereocenters. The van der Waals surface area contributed by atoms with Crippen molar-refractivity contribution in [3.05, 3.63) is 71.0 Å². The van der Waals surface area contributed by atoms with Crippen molar-refractivity contribution in [1.82, 2.24) is 0 Å². The molecule has 0 heterocycles. The summed E-state index contributed by atoms with van der Waals surface area (Å²) in [5, 5.41) is 9.00. The van der Waals surface area contributed by atoms with E-state index in [1.165, 1.54) is 12.1 Å². The predicted octanol–water partition coefficient (Wildman–Crippen LogP) is 2.33. The quantitative estimate of drug-likeness (QED) is 0.598. The molecule has 0 saturated heterocycles. The summed E-state index contributed by atoms with van der Waals surface area (Å²) in [5.74, 6) is 9.19. The van der Waals surface area contributed by atoms with E-state index in [-0.39, 0.29) is 18.0 Å². The molecule has 2 aromatic rings. The number of rotatable bonds is 6. The summed E-state index contributed by atoms with van der Waals surface area (Å²) in [7, 11) is 0. The van der Waals surface area contributed by atoms with Crippen molar-refractivity contribution < 1.29 is 19.1 Å². The van der Waals surface area contributed by atoms with Gasteiger partial charge >= 0.3 is 0 Å². The molecule has 0 aliphatic carbocycles. The molecule has 28 heavy (non-hydrogen) atoms. The number of aliphatic hydroxyl groups excluding tert-OH is 1. The van der Waals surface area contributed by atoms with E-state index in [0.29, 0.717) is 16.7 Å². The fourth-order valence-corrected chi connectivity index (χ4v) is 2.54. The van der Waals surface area contributed by atoms with Crippen molar-refractivity contribution in [3.63, 3.8) is 0 Å². The topological polar surface area (TPSA) is 80.4 Å². The van der Waals surface area contributed by atoms with Crippen LogP contribution >= 0.6 is 0 Å². The Kier molecular flexibility index (Phi) is 7.65. The van der Waals surface area contributed by atoms with Crippen molar-refractivity contribution in [2.75, 3.05) is 6.61 Å². The highest BCUT2D eigenvalue weighted by Gasteiger charge is 2.25. The SMILES string of the molecule is C[C@@H](N)[C@H](CC(=O)c1ccc(C#CC#Cc2cccc(F)c2)cc1)C(=O)CO. The van der Waals surface area contributed by atoms with Crippen molar-refractivity contribution in [1.29, 1.82) is 0 Å². The van der Waals surface area contributed by atoms with Gasteiger partial charge in [-0.05, 0) is 49.1 Å². The van der Waals surface area contributed by atoms with E-state index in [4.69, 9.17) is 10.8 Å². The van der Waals surface area contributed by atoms with Gasteiger partial charge in [0.15, 0.2) is 11.6 Å². The first-order valence-corrected chi connectivity index (χ1v) is 8.70. The van der Waals surface area contributed by atoms with Gasteiger partial charge < -0.3 is 10.8 Å². The Morgan fingerprint density at radius 2 is 1.71 bits per heavy atom. The van der Waals surface area contributed by atoms with E-state index in [2.05, 4.69) is 23.7 Å². The van der Waals surface area contributed by atoms with Crippen LogP contribution in [0.15, 0.2) is 48.5 Å².